The Hall–Kier alpha value is -2.18. The molecule has 108 valence electrons. The van der Waals surface area contributed by atoms with Gasteiger partial charge in [0.1, 0.15) is 0 Å². The van der Waals surface area contributed by atoms with Crippen LogP contribution in [0.2, 0.25) is 0 Å². The third kappa shape index (κ3) is 3.23. The van der Waals surface area contributed by atoms with Gasteiger partial charge in [-0.05, 0) is 12.1 Å². The van der Waals surface area contributed by atoms with Crippen LogP contribution in [-0.4, -0.2) is 35.8 Å². The molecular formula is C11H13N3O5S. The predicted molar refractivity (Wildman–Crippen MR) is 69.4 cm³/mol. The number of nitro benzene ring substituents is 1. The van der Waals surface area contributed by atoms with E-state index in [1.165, 1.54) is 0 Å². The molecule has 0 spiro atoms. The van der Waals surface area contributed by atoms with Gasteiger partial charge in [-0.2, -0.15) is 9.57 Å². The molecular weight excluding hydrogens is 286 g/mol. The van der Waals surface area contributed by atoms with Gasteiger partial charge in [0.2, 0.25) is 10.0 Å². The zero-order chi connectivity index (χ0) is 15.3. The summed E-state index contributed by atoms with van der Waals surface area (Å²) in [6.45, 7) is 1.74. The Kier molecular flexibility index (Phi) is 5.01. The van der Waals surface area contributed by atoms with Crippen molar-refractivity contribution in [2.75, 3.05) is 13.1 Å². The van der Waals surface area contributed by atoms with Gasteiger partial charge in [0.15, 0.2) is 5.75 Å². The van der Waals surface area contributed by atoms with E-state index in [0.29, 0.717) is 0 Å². The number of nitriles is 1. The molecule has 0 aliphatic heterocycles. The average Bonchev–Trinajstić information content (AvgIpc) is 2.39. The second-order valence-electron chi connectivity index (χ2n) is 3.81. The van der Waals surface area contributed by atoms with Crippen molar-refractivity contribution in [1.29, 1.82) is 5.26 Å². The van der Waals surface area contributed by atoms with Crippen molar-refractivity contribution in [3.05, 3.63) is 28.3 Å². The first-order valence-electron chi connectivity index (χ1n) is 5.69. The number of benzene rings is 1. The Morgan fingerprint density at radius 2 is 2.15 bits per heavy atom. The molecule has 0 unspecified atom stereocenters. The molecule has 0 aliphatic rings. The van der Waals surface area contributed by atoms with E-state index in [2.05, 4.69) is 0 Å². The number of aromatic hydroxyl groups is 1. The van der Waals surface area contributed by atoms with Gasteiger partial charge < -0.3 is 5.11 Å². The molecule has 0 aromatic heterocycles. The third-order valence-electron chi connectivity index (χ3n) is 2.61. The van der Waals surface area contributed by atoms with Crippen LogP contribution in [0.3, 0.4) is 0 Å². The minimum Gasteiger partial charge on any atom is -0.502 e. The van der Waals surface area contributed by atoms with E-state index in [4.69, 9.17) is 5.26 Å². The van der Waals surface area contributed by atoms with Crippen LogP contribution in [0.5, 0.6) is 5.75 Å². The third-order valence-corrected chi connectivity index (χ3v) is 4.58. The van der Waals surface area contributed by atoms with Crippen LogP contribution < -0.4 is 0 Å². The van der Waals surface area contributed by atoms with Gasteiger partial charge in [-0.3, -0.25) is 10.1 Å². The molecule has 1 rings (SSSR count). The Morgan fingerprint density at radius 3 is 2.65 bits per heavy atom. The van der Waals surface area contributed by atoms with Crippen molar-refractivity contribution in [3.8, 4) is 11.8 Å². The molecule has 20 heavy (non-hydrogen) atoms. The summed E-state index contributed by atoms with van der Waals surface area (Å²) in [7, 11) is -3.93. The molecule has 0 bridgehead atoms. The number of hydrogen-bond donors (Lipinski definition) is 1. The highest BCUT2D eigenvalue weighted by Gasteiger charge is 2.26. The van der Waals surface area contributed by atoms with Crippen LogP contribution in [0.15, 0.2) is 23.1 Å². The molecule has 0 saturated heterocycles. The molecule has 0 saturated carbocycles. The molecule has 0 amide bonds. The zero-order valence-corrected chi connectivity index (χ0v) is 11.5. The van der Waals surface area contributed by atoms with E-state index in [9.17, 15) is 23.6 Å². The lowest BCUT2D eigenvalue weighted by Crippen LogP contribution is -2.31. The molecule has 0 fully saturated rings. The van der Waals surface area contributed by atoms with Gasteiger partial charge in [0.05, 0.1) is 15.9 Å². The standard InChI is InChI=1S/C11H13N3O5S/c1-2-13(7-3-6-12)20(18,19)9-4-5-11(15)10(8-9)14(16)17/h4-5,8,15H,2-3,7H2,1H3. The molecule has 1 N–H and O–H groups in total. The lowest BCUT2D eigenvalue weighted by atomic mass is 10.3. The van der Waals surface area contributed by atoms with E-state index < -0.39 is 26.4 Å². The lowest BCUT2D eigenvalue weighted by Gasteiger charge is -2.19. The molecule has 0 heterocycles. The number of phenols is 1. The first kappa shape index (κ1) is 15.9. The van der Waals surface area contributed by atoms with Gasteiger partial charge in [-0.15, -0.1) is 0 Å². The number of phenolic OH excluding ortho intramolecular Hbond substituents is 1. The van der Waals surface area contributed by atoms with Crippen molar-refractivity contribution >= 4 is 15.7 Å². The molecule has 0 atom stereocenters. The summed E-state index contributed by atoms with van der Waals surface area (Å²) in [5.74, 6) is -0.603. The van der Waals surface area contributed by atoms with E-state index in [0.717, 1.165) is 22.5 Å². The Morgan fingerprint density at radius 1 is 1.50 bits per heavy atom. The molecule has 9 heteroatoms. The molecule has 1 aromatic rings. The smallest absolute Gasteiger partial charge is 0.312 e. The SMILES string of the molecule is CCN(CCC#N)S(=O)(=O)c1ccc(O)c([N+](=O)[O-])c1. The number of hydrogen-bond acceptors (Lipinski definition) is 6. The minimum absolute atomic E-state index is 0.00398. The quantitative estimate of drug-likeness (QED) is 0.622. The highest BCUT2D eigenvalue weighted by atomic mass is 32.2. The first-order valence-corrected chi connectivity index (χ1v) is 7.13. The fraction of sp³-hybridized carbons (Fsp3) is 0.364. The fourth-order valence-electron chi connectivity index (χ4n) is 1.58. The highest BCUT2D eigenvalue weighted by molar-refractivity contribution is 7.89. The first-order chi connectivity index (χ1) is 9.34. The maximum atomic E-state index is 12.3. The van der Waals surface area contributed by atoms with Crippen molar-refractivity contribution in [2.24, 2.45) is 0 Å². The second-order valence-corrected chi connectivity index (χ2v) is 5.75. The largest absolute Gasteiger partial charge is 0.502 e. The lowest BCUT2D eigenvalue weighted by molar-refractivity contribution is -0.386. The summed E-state index contributed by atoms with van der Waals surface area (Å²) < 4.78 is 25.6. The van der Waals surface area contributed by atoms with Crippen LogP contribution >= 0.6 is 0 Å². The summed E-state index contributed by atoms with van der Waals surface area (Å²) in [4.78, 5) is 9.56. The van der Waals surface area contributed by atoms with Gasteiger partial charge in [-0.1, -0.05) is 6.92 Å². The number of nitrogens with zero attached hydrogens (tertiary/aromatic N) is 3. The van der Waals surface area contributed by atoms with Crippen LogP contribution in [0, 0.1) is 21.4 Å². The molecule has 1 aromatic carbocycles. The van der Waals surface area contributed by atoms with E-state index >= 15 is 0 Å². The van der Waals surface area contributed by atoms with Crippen LogP contribution in [-0.2, 0) is 10.0 Å². The van der Waals surface area contributed by atoms with Crippen molar-refractivity contribution in [3.63, 3.8) is 0 Å². The summed E-state index contributed by atoms with van der Waals surface area (Å²) in [6, 6.07) is 4.70. The van der Waals surface area contributed by atoms with E-state index in [1.807, 2.05) is 6.07 Å². The van der Waals surface area contributed by atoms with Crippen molar-refractivity contribution in [2.45, 2.75) is 18.2 Å². The van der Waals surface area contributed by atoms with E-state index in [-0.39, 0.29) is 24.4 Å². The van der Waals surface area contributed by atoms with Crippen LogP contribution in [0.1, 0.15) is 13.3 Å². The predicted octanol–water partition coefficient (Wildman–Crippen LogP) is 1.22. The topological polar surface area (TPSA) is 125 Å². The van der Waals surface area contributed by atoms with Gasteiger partial charge >= 0.3 is 5.69 Å². The summed E-state index contributed by atoms with van der Waals surface area (Å²) in [6.07, 6.45) is 0.0211. The monoisotopic (exact) mass is 299 g/mol. The van der Waals surface area contributed by atoms with Crippen LogP contribution in [0.4, 0.5) is 5.69 Å². The Labute approximate surface area is 116 Å². The molecule has 0 aliphatic carbocycles. The normalized spacial score (nSPS) is 11.2. The maximum absolute atomic E-state index is 12.3. The molecule has 8 nitrogen and oxygen atoms in total. The number of rotatable bonds is 6. The summed E-state index contributed by atoms with van der Waals surface area (Å²) in [5.41, 5.74) is -0.678. The van der Waals surface area contributed by atoms with Crippen molar-refractivity contribution < 1.29 is 18.4 Å². The number of nitro groups is 1. The Balaban J connectivity index is 3.25. The van der Waals surface area contributed by atoms with Gasteiger partial charge in [0.25, 0.3) is 0 Å². The van der Waals surface area contributed by atoms with Gasteiger partial charge in [-0.25, -0.2) is 8.42 Å². The van der Waals surface area contributed by atoms with Gasteiger partial charge in [0, 0.05) is 25.6 Å². The molecule has 0 radical (unpaired) electrons. The summed E-state index contributed by atoms with van der Waals surface area (Å²) >= 11 is 0. The summed E-state index contributed by atoms with van der Waals surface area (Å²) in [5, 5.41) is 28.5. The zero-order valence-electron chi connectivity index (χ0n) is 10.7. The van der Waals surface area contributed by atoms with Crippen LogP contribution in [0.25, 0.3) is 0 Å². The fourth-order valence-corrected chi connectivity index (χ4v) is 3.05. The number of sulfonamides is 1. The Bertz CT molecular complexity index is 651. The average molecular weight is 299 g/mol. The highest BCUT2D eigenvalue weighted by Crippen LogP contribution is 2.29. The minimum atomic E-state index is -3.93. The second kappa shape index (κ2) is 6.31. The van der Waals surface area contributed by atoms with E-state index in [1.54, 1.807) is 6.92 Å². The van der Waals surface area contributed by atoms with Crippen molar-refractivity contribution in [1.82, 2.24) is 4.31 Å². The maximum Gasteiger partial charge on any atom is 0.312 e.